The molecule has 3 aromatic rings. The van der Waals surface area contributed by atoms with Gasteiger partial charge in [0.1, 0.15) is 5.75 Å². The van der Waals surface area contributed by atoms with Crippen molar-refractivity contribution in [1.29, 1.82) is 0 Å². The third kappa shape index (κ3) is 5.07. The zero-order valence-electron chi connectivity index (χ0n) is 13.7. The molecule has 126 valence electrons. The van der Waals surface area contributed by atoms with E-state index in [4.69, 9.17) is 4.74 Å². The van der Waals surface area contributed by atoms with E-state index in [1.54, 1.807) is 12.4 Å². The van der Waals surface area contributed by atoms with E-state index >= 15 is 0 Å². The molecule has 0 unspecified atom stereocenters. The Kier molecular flexibility index (Phi) is 5.61. The Morgan fingerprint density at radius 3 is 2.56 bits per heavy atom. The van der Waals surface area contributed by atoms with Gasteiger partial charge in [-0.05, 0) is 35.9 Å². The fourth-order valence-electron chi connectivity index (χ4n) is 2.26. The summed E-state index contributed by atoms with van der Waals surface area (Å²) in [5.74, 6) is 1.32. The number of benzene rings is 2. The predicted octanol–water partition coefficient (Wildman–Crippen LogP) is 3.60. The van der Waals surface area contributed by atoms with Crippen molar-refractivity contribution in [2.45, 2.75) is 6.54 Å². The minimum atomic E-state index is -0.0987. The van der Waals surface area contributed by atoms with Gasteiger partial charge in [-0.25, -0.2) is 0 Å². The van der Waals surface area contributed by atoms with Crippen LogP contribution in [0.2, 0.25) is 0 Å². The van der Waals surface area contributed by atoms with Crippen LogP contribution < -0.4 is 15.4 Å². The molecule has 2 N–H and O–H groups in total. The zero-order chi connectivity index (χ0) is 17.3. The van der Waals surface area contributed by atoms with Crippen LogP contribution in [0.3, 0.4) is 0 Å². The van der Waals surface area contributed by atoms with Crippen LogP contribution in [0.5, 0.6) is 11.5 Å². The quantitative estimate of drug-likeness (QED) is 0.693. The molecule has 1 heterocycles. The number of amides is 1. The lowest BCUT2D eigenvalue weighted by Crippen LogP contribution is -2.29. The molecule has 5 nitrogen and oxygen atoms in total. The second-order valence-electron chi connectivity index (χ2n) is 5.40. The summed E-state index contributed by atoms with van der Waals surface area (Å²) in [4.78, 5) is 16.0. The predicted molar refractivity (Wildman–Crippen MR) is 97.5 cm³/mol. The highest BCUT2D eigenvalue weighted by Gasteiger charge is 2.06. The molecule has 0 bridgehead atoms. The lowest BCUT2D eigenvalue weighted by Gasteiger charge is -2.13. The molecule has 0 aliphatic carbocycles. The summed E-state index contributed by atoms with van der Waals surface area (Å²) < 4.78 is 5.87. The molecule has 0 radical (unpaired) electrons. The summed E-state index contributed by atoms with van der Waals surface area (Å²) in [6.07, 6.45) is 3.44. The van der Waals surface area contributed by atoms with Crippen LogP contribution in [0, 0.1) is 0 Å². The van der Waals surface area contributed by atoms with Gasteiger partial charge in [-0.2, -0.15) is 0 Å². The van der Waals surface area contributed by atoms with Crippen molar-refractivity contribution in [3.63, 3.8) is 0 Å². The maximum absolute atomic E-state index is 12.0. The first kappa shape index (κ1) is 16.5. The number of nitrogens with one attached hydrogen (secondary N) is 2. The Morgan fingerprint density at radius 2 is 1.76 bits per heavy atom. The molecule has 1 aromatic heterocycles. The van der Waals surface area contributed by atoms with Crippen molar-refractivity contribution >= 4 is 11.6 Å². The van der Waals surface area contributed by atoms with Gasteiger partial charge in [-0.1, -0.05) is 36.4 Å². The van der Waals surface area contributed by atoms with Gasteiger partial charge in [-0.15, -0.1) is 0 Å². The van der Waals surface area contributed by atoms with E-state index in [1.807, 2.05) is 66.7 Å². The number of carbonyl (C=O) groups is 1. The van der Waals surface area contributed by atoms with Gasteiger partial charge in [0.2, 0.25) is 5.91 Å². The second kappa shape index (κ2) is 8.49. The van der Waals surface area contributed by atoms with E-state index in [1.165, 1.54) is 0 Å². The van der Waals surface area contributed by atoms with Gasteiger partial charge in [0.05, 0.1) is 12.2 Å². The van der Waals surface area contributed by atoms with E-state index in [2.05, 4.69) is 15.6 Å². The maximum Gasteiger partial charge on any atom is 0.239 e. The summed E-state index contributed by atoms with van der Waals surface area (Å²) in [5, 5.41) is 5.97. The smallest absolute Gasteiger partial charge is 0.239 e. The Morgan fingerprint density at radius 1 is 0.960 bits per heavy atom. The van der Waals surface area contributed by atoms with E-state index in [-0.39, 0.29) is 12.5 Å². The molecule has 25 heavy (non-hydrogen) atoms. The molecule has 3 rings (SSSR count). The fraction of sp³-hybridized carbons (Fsp3) is 0.100. The van der Waals surface area contributed by atoms with E-state index in [9.17, 15) is 4.79 Å². The molecule has 0 atom stereocenters. The standard InChI is InChI=1S/C20H19N3O2/c24-20(23-14-16-7-6-12-21-13-16)15-22-18-10-4-5-11-19(18)25-17-8-2-1-3-9-17/h1-13,22H,14-15H2,(H,23,24). The Hall–Kier alpha value is -3.34. The first-order valence-corrected chi connectivity index (χ1v) is 8.03. The largest absolute Gasteiger partial charge is 0.455 e. The average Bonchev–Trinajstić information content (AvgIpc) is 2.67. The number of para-hydroxylation sites is 3. The number of ether oxygens (including phenoxy) is 1. The number of anilines is 1. The van der Waals surface area contributed by atoms with Gasteiger partial charge < -0.3 is 15.4 Å². The first-order chi connectivity index (χ1) is 12.3. The minimum absolute atomic E-state index is 0.0987. The lowest BCUT2D eigenvalue weighted by molar-refractivity contribution is -0.119. The van der Waals surface area contributed by atoms with Crippen LogP contribution in [0.15, 0.2) is 79.1 Å². The summed E-state index contributed by atoms with van der Waals surface area (Å²) in [5.41, 5.74) is 1.73. The molecule has 0 aliphatic heterocycles. The van der Waals surface area contributed by atoms with E-state index < -0.39 is 0 Å². The van der Waals surface area contributed by atoms with Crippen molar-refractivity contribution < 1.29 is 9.53 Å². The molecular weight excluding hydrogens is 314 g/mol. The summed E-state index contributed by atoms with van der Waals surface area (Å²) in [6.45, 7) is 0.617. The van der Waals surface area contributed by atoms with E-state index in [0.717, 1.165) is 17.0 Å². The molecule has 2 aromatic carbocycles. The van der Waals surface area contributed by atoms with Crippen molar-refractivity contribution in [3.05, 3.63) is 84.7 Å². The highest BCUT2D eigenvalue weighted by molar-refractivity contribution is 5.81. The van der Waals surface area contributed by atoms with Gasteiger partial charge >= 0.3 is 0 Å². The summed E-state index contributed by atoms with van der Waals surface area (Å²) in [6, 6.07) is 20.8. The number of aromatic nitrogens is 1. The average molecular weight is 333 g/mol. The van der Waals surface area contributed by atoms with Crippen LogP contribution >= 0.6 is 0 Å². The van der Waals surface area contributed by atoms with Crippen LogP contribution in [0.1, 0.15) is 5.56 Å². The highest BCUT2D eigenvalue weighted by Crippen LogP contribution is 2.28. The third-order valence-electron chi connectivity index (χ3n) is 3.51. The molecule has 1 amide bonds. The van der Waals surface area contributed by atoms with Crippen LogP contribution in [0.25, 0.3) is 0 Å². The number of nitrogens with zero attached hydrogens (tertiary/aromatic N) is 1. The maximum atomic E-state index is 12.0. The normalized spacial score (nSPS) is 10.1. The molecule has 0 saturated heterocycles. The lowest BCUT2D eigenvalue weighted by atomic mass is 10.2. The van der Waals surface area contributed by atoms with Crippen LogP contribution in [-0.4, -0.2) is 17.4 Å². The molecular formula is C20H19N3O2. The topological polar surface area (TPSA) is 63.2 Å². The van der Waals surface area contributed by atoms with Gasteiger partial charge in [0.15, 0.2) is 5.75 Å². The molecule has 0 spiro atoms. The summed E-state index contributed by atoms with van der Waals surface area (Å²) >= 11 is 0. The van der Waals surface area contributed by atoms with E-state index in [0.29, 0.717) is 12.3 Å². The SMILES string of the molecule is O=C(CNc1ccccc1Oc1ccccc1)NCc1cccnc1. The zero-order valence-corrected chi connectivity index (χ0v) is 13.7. The number of rotatable bonds is 7. The van der Waals surface area contributed by atoms with Crippen molar-refractivity contribution in [3.8, 4) is 11.5 Å². The van der Waals surface area contributed by atoms with Crippen molar-refractivity contribution in [2.75, 3.05) is 11.9 Å². The summed E-state index contributed by atoms with van der Waals surface area (Å²) in [7, 11) is 0. The highest BCUT2D eigenvalue weighted by atomic mass is 16.5. The van der Waals surface area contributed by atoms with Crippen molar-refractivity contribution in [1.82, 2.24) is 10.3 Å². The Bertz CT molecular complexity index is 807. The van der Waals surface area contributed by atoms with Crippen LogP contribution in [-0.2, 0) is 11.3 Å². The number of hydrogen-bond acceptors (Lipinski definition) is 4. The molecule has 0 fully saturated rings. The minimum Gasteiger partial charge on any atom is -0.455 e. The molecule has 0 aliphatic rings. The fourth-order valence-corrected chi connectivity index (χ4v) is 2.26. The number of hydrogen-bond donors (Lipinski definition) is 2. The Labute approximate surface area is 146 Å². The van der Waals surface area contributed by atoms with Crippen molar-refractivity contribution in [2.24, 2.45) is 0 Å². The van der Waals surface area contributed by atoms with Gasteiger partial charge in [-0.3, -0.25) is 9.78 Å². The first-order valence-electron chi connectivity index (χ1n) is 8.03. The van der Waals surface area contributed by atoms with Gasteiger partial charge in [0.25, 0.3) is 0 Å². The monoisotopic (exact) mass is 333 g/mol. The van der Waals surface area contributed by atoms with Gasteiger partial charge in [0, 0.05) is 18.9 Å². The molecule has 0 saturated carbocycles. The number of pyridine rings is 1. The second-order valence-corrected chi connectivity index (χ2v) is 5.40. The molecule has 5 heteroatoms. The Balaban J connectivity index is 1.55. The van der Waals surface area contributed by atoms with Crippen LogP contribution in [0.4, 0.5) is 5.69 Å². The third-order valence-corrected chi connectivity index (χ3v) is 3.51. The number of carbonyl (C=O) groups excluding carboxylic acids is 1.